The van der Waals surface area contributed by atoms with E-state index >= 15 is 0 Å². The van der Waals surface area contributed by atoms with E-state index in [9.17, 15) is 5.26 Å². The Balaban J connectivity index is 0.00000182. The van der Waals surface area contributed by atoms with E-state index in [-0.39, 0.29) is 12.4 Å². The van der Waals surface area contributed by atoms with Crippen molar-refractivity contribution < 1.29 is 0 Å². The molecule has 1 aliphatic carbocycles. The molecule has 0 bridgehead atoms. The highest BCUT2D eigenvalue weighted by Crippen LogP contribution is 2.40. The number of rotatable bonds is 1. The number of pyridine rings is 2. The second-order valence-electron chi connectivity index (χ2n) is 6.68. The first-order chi connectivity index (χ1) is 11.6. The number of halogens is 1. The highest BCUT2D eigenvalue weighted by Gasteiger charge is 2.38. The first kappa shape index (κ1) is 17.4. The van der Waals surface area contributed by atoms with Gasteiger partial charge in [-0.1, -0.05) is 0 Å². The van der Waals surface area contributed by atoms with Gasteiger partial charge in [0.1, 0.15) is 0 Å². The lowest BCUT2D eigenvalue weighted by Gasteiger charge is -2.33. The SMILES string of the molecule is Cc1nn(C)c2nc3c(c(C)c12)CC(C#N)(c1ccncc1)CC3.Cl. The van der Waals surface area contributed by atoms with Gasteiger partial charge in [0, 0.05) is 30.5 Å². The number of aromatic nitrogens is 4. The van der Waals surface area contributed by atoms with Crippen LogP contribution in [-0.2, 0) is 25.3 Å². The second kappa shape index (κ2) is 6.12. The molecule has 25 heavy (non-hydrogen) atoms. The minimum absolute atomic E-state index is 0. The number of nitriles is 1. The van der Waals surface area contributed by atoms with Crippen molar-refractivity contribution in [2.45, 2.75) is 38.5 Å². The van der Waals surface area contributed by atoms with Crippen LogP contribution in [0.2, 0.25) is 0 Å². The maximum Gasteiger partial charge on any atom is 0.158 e. The summed E-state index contributed by atoms with van der Waals surface area (Å²) in [7, 11) is 1.94. The van der Waals surface area contributed by atoms with E-state index < -0.39 is 5.41 Å². The third-order valence-corrected chi connectivity index (χ3v) is 5.32. The van der Waals surface area contributed by atoms with Crippen molar-refractivity contribution in [3.8, 4) is 6.07 Å². The first-order valence-electron chi connectivity index (χ1n) is 8.19. The van der Waals surface area contributed by atoms with E-state index in [4.69, 9.17) is 4.98 Å². The Kier molecular flexibility index (Phi) is 4.26. The van der Waals surface area contributed by atoms with Crippen LogP contribution in [0, 0.1) is 25.2 Å². The average molecular weight is 354 g/mol. The number of nitrogens with zero attached hydrogens (tertiary/aromatic N) is 5. The van der Waals surface area contributed by atoms with Crippen LogP contribution in [0.1, 0.15) is 34.5 Å². The molecule has 0 amide bonds. The van der Waals surface area contributed by atoms with Gasteiger partial charge < -0.3 is 0 Å². The lowest BCUT2D eigenvalue weighted by molar-refractivity contribution is 0.465. The molecule has 6 heteroatoms. The third-order valence-electron chi connectivity index (χ3n) is 5.32. The van der Waals surface area contributed by atoms with Gasteiger partial charge in [0.25, 0.3) is 0 Å². The molecular weight excluding hydrogens is 334 g/mol. The van der Waals surface area contributed by atoms with Crippen LogP contribution >= 0.6 is 12.4 Å². The van der Waals surface area contributed by atoms with Gasteiger partial charge in [-0.2, -0.15) is 10.4 Å². The van der Waals surface area contributed by atoms with E-state index in [0.29, 0.717) is 6.42 Å². The summed E-state index contributed by atoms with van der Waals surface area (Å²) in [5, 5.41) is 15.6. The highest BCUT2D eigenvalue weighted by molar-refractivity contribution is 5.85. The Morgan fingerprint density at radius 3 is 2.64 bits per heavy atom. The molecule has 3 aromatic heterocycles. The summed E-state index contributed by atoms with van der Waals surface area (Å²) in [5.41, 5.74) is 6.04. The lowest BCUT2D eigenvalue weighted by Crippen LogP contribution is -2.33. The molecule has 5 nitrogen and oxygen atoms in total. The maximum absolute atomic E-state index is 9.98. The van der Waals surface area contributed by atoms with E-state index in [1.54, 1.807) is 12.4 Å². The van der Waals surface area contributed by atoms with Gasteiger partial charge in [0.15, 0.2) is 5.65 Å². The molecule has 0 spiro atoms. The van der Waals surface area contributed by atoms with Gasteiger partial charge in [-0.3, -0.25) is 9.67 Å². The smallest absolute Gasteiger partial charge is 0.158 e. The Morgan fingerprint density at radius 2 is 1.96 bits per heavy atom. The fourth-order valence-corrected chi connectivity index (χ4v) is 4.02. The van der Waals surface area contributed by atoms with Crippen LogP contribution in [0.4, 0.5) is 0 Å². The predicted molar refractivity (Wildman–Crippen MR) is 98.8 cm³/mol. The van der Waals surface area contributed by atoms with Crippen molar-refractivity contribution in [3.05, 3.63) is 52.6 Å². The molecule has 128 valence electrons. The van der Waals surface area contributed by atoms with Gasteiger partial charge in [0.05, 0.1) is 17.2 Å². The zero-order chi connectivity index (χ0) is 16.9. The summed E-state index contributed by atoms with van der Waals surface area (Å²) in [6.45, 7) is 4.16. The summed E-state index contributed by atoms with van der Waals surface area (Å²) in [4.78, 5) is 8.96. The minimum Gasteiger partial charge on any atom is -0.265 e. The number of hydrogen-bond acceptors (Lipinski definition) is 4. The van der Waals surface area contributed by atoms with E-state index in [1.807, 2.05) is 30.8 Å². The fraction of sp³-hybridized carbons (Fsp3) is 0.368. The molecule has 3 aromatic rings. The van der Waals surface area contributed by atoms with Gasteiger partial charge in [-0.25, -0.2) is 4.98 Å². The van der Waals surface area contributed by atoms with Crippen LogP contribution < -0.4 is 0 Å². The van der Waals surface area contributed by atoms with Gasteiger partial charge in [0.2, 0.25) is 0 Å². The van der Waals surface area contributed by atoms with Crippen molar-refractivity contribution in [3.63, 3.8) is 0 Å². The van der Waals surface area contributed by atoms with Crippen molar-refractivity contribution >= 4 is 23.4 Å². The quantitative estimate of drug-likeness (QED) is 0.672. The summed E-state index contributed by atoms with van der Waals surface area (Å²) in [5.74, 6) is 0. The van der Waals surface area contributed by atoms with Crippen LogP contribution in [0.25, 0.3) is 11.0 Å². The topological polar surface area (TPSA) is 67.4 Å². The molecule has 0 fully saturated rings. The Labute approximate surface area is 153 Å². The van der Waals surface area contributed by atoms with E-state index in [0.717, 1.165) is 40.8 Å². The number of fused-ring (bicyclic) bond motifs is 2. The molecular formula is C19H20ClN5. The molecule has 3 heterocycles. The molecule has 0 aliphatic heterocycles. The molecule has 1 unspecified atom stereocenters. The fourth-order valence-electron chi connectivity index (χ4n) is 4.02. The highest BCUT2D eigenvalue weighted by atomic mass is 35.5. The van der Waals surface area contributed by atoms with Crippen molar-refractivity contribution in [1.82, 2.24) is 19.7 Å². The summed E-state index contributed by atoms with van der Waals surface area (Å²) >= 11 is 0. The van der Waals surface area contributed by atoms with Crippen LogP contribution in [0.5, 0.6) is 0 Å². The third kappa shape index (κ3) is 2.49. The van der Waals surface area contributed by atoms with Gasteiger partial charge in [-0.15, -0.1) is 12.4 Å². The second-order valence-corrected chi connectivity index (χ2v) is 6.68. The molecule has 0 saturated heterocycles. The molecule has 0 saturated carbocycles. The van der Waals surface area contributed by atoms with Crippen LogP contribution in [0.15, 0.2) is 24.5 Å². The minimum atomic E-state index is -0.494. The normalized spacial score (nSPS) is 19.1. The summed E-state index contributed by atoms with van der Waals surface area (Å²) < 4.78 is 1.85. The first-order valence-corrected chi connectivity index (χ1v) is 8.19. The summed E-state index contributed by atoms with van der Waals surface area (Å²) in [6, 6.07) is 6.52. The van der Waals surface area contributed by atoms with Crippen molar-refractivity contribution in [1.29, 1.82) is 5.26 Å². The number of aryl methyl sites for hydroxylation is 4. The van der Waals surface area contributed by atoms with E-state index in [1.165, 1.54) is 11.1 Å². The molecule has 1 aliphatic rings. The van der Waals surface area contributed by atoms with Gasteiger partial charge in [-0.05, 0) is 61.9 Å². The lowest BCUT2D eigenvalue weighted by atomic mass is 9.69. The summed E-state index contributed by atoms with van der Waals surface area (Å²) in [6.07, 6.45) is 5.83. The number of hydrogen-bond donors (Lipinski definition) is 0. The van der Waals surface area contributed by atoms with Gasteiger partial charge >= 0.3 is 0 Å². The largest absolute Gasteiger partial charge is 0.265 e. The Morgan fingerprint density at radius 1 is 1.24 bits per heavy atom. The Hall–Kier alpha value is -2.45. The zero-order valence-corrected chi connectivity index (χ0v) is 15.4. The van der Waals surface area contributed by atoms with E-state index in [2.05, 4.69) is 23.1 Å². The predicted octanol–water partition coefficient (Wildman–Crippen LogP) is 3.35. The monoisotopic (exact) mass is 353 g/mol. The van der Waals surface area contributed by atoms with Crippen molar-refractivity contribution in [2.24, 2.45) is 7.05 Å². The van der Waals surface area contributed by atoms with Crippen LogP contribution in [-0.4, -0.2) is 19.7 Å². The Bertz CT molecular complexity index is 987. The molecule has 0 aromatic carbocycles. The molecule has 1 atom stereocenters. The van der Waals surface area contributed by atoms with Crippen LogP contribution in [0.3, 0.4) is 0 Å². The average Bonchev–Trinajstić information content (AvgIpc) is 2.90. The standard InChI is InChI=1S/C19H19N5.ClH/c1-12-15-10-19(11-20,14-5-8-21-9-6-14)7-4-16(15)22-18-17(12)13(2)23-24(18)3;/h5-6,8-9H,4,7,10H2,1-3H3;1H. The van der Waals surface area contributed by atoms with Crippen molar-refractivity contribution in [2.75, 3.05) is 0 Å². The maximum atomic E-state index is 9.98. The molecule has 4 rings (SSSR count). The molecule has 0 radical (unpaired) electrons. The zero-order valence-electron chi connectivity index (χ0n) is 14.6. The molecule has 0 N–H and O–H groups in total.